The number of anilines is 1. The Hall–Kier alpha value is -2.32. The maximum absolute atomic E-state index is 11.7. The number of nitrogens with one attached hydrogen (secondary N) is 2. The molecule has 0 spiro atoms. The average molecular weight is 281 g/mol. The van der Waals surface area contributed by atoms with Crippen molar-refractivity contribution < 1.29 is 24.5 Å². The summed E-state index contributed by atoms with van der Waals surface area (Å²) in [4.78, 5) is 22.4. The number of phenolic OH excluding ortho intramolecular Hbond substituents is 1. The zero-order valence-corrected chi connectivity index (χ0v) is 10.6. The van der Waals surface area contributed by atoms with Crippen molar-refractivity contribution >= 4 is 17.7 Å². The molecule has 1 aromatic rings. The van der Waals surface area contributed by atoms with Crippen LogP contribution in [-0.2, 0) is 4.74 Å². The van der Waals surface area contributed by atoms with Gasteiger partial charge in [-0.1, -0.05) is 0 Å². The Morgan fingerprint density at radius 3 is 2.55 bits per heavy atom. The fourth-order valence-electron chi connectivity index (χ4n) is 1.74. The lowest BCUT2D eigenvalue weighted by Crippen LogP contribution is -2.49. The van der Waals surface area contributed by atoms with E-state index >= 15 is 0 Å². The second-order valence-electron chi connectivity index (χ2n) is 4.20. The number of benzene rings is 1. The van der Waals surface area contributed by atoms with E-state index in [1.54, 1.807) is 5.01 Å². The number of hydrogen-bond acceptors (Lipinski definition) is 5. The van der Waals surface area contributed by atoms with Crippen molar-refractivity contribution in [2.45, 2.75) is 0 Å². The molecule has 0 saturated carbocycles. The van der Waals surface area contributed by atoms with Crippen LogP contribution in [0.4, 0.5) is 10.5 Å². The van der Waals surface area contributed by atoms with Crippen LogP contribution in [0.2, 0.25) is 0 Å². The number of carbonyl (C=O) groups is 2. The van der Waals surface area contributed by atoms with Crippen LogP contribution in [0.25, 0.3) is 0 Å². The van der Waals surface area contributed by atoms with Gasteiger partial charge in [-0.25, -0.2) is 14.6 Å². The average Bonchev–Trinajstić information content (AvgIpc) is 2.42. The minimum Gasteiger partial charge on any atom is -0.506 e. The van der Waals surface area contributed by atoms with E-state index in [4.69, 9.17) is 9.84 Å². The van der Waals surface area contributed by atoms with Gasteiger partial charge >= 0.3 is 12.0 Å². The molecule has 1 aromatic carbocycles. The molecule has 20 heavy (non-hydrogen) atoms. The molecule has 1 saturated heterocycles. The van der Waals surface area contributed by atoms with Crippen LogP contribution in [0.15, 0.2) is 18.2 Å². The molecule has 0 aliphatic carbocycles. The fourth-order valence-corrected chi connectivity index (χ4v) is 1.74. The van der Waals surface area contributed by atoms with Gasteiger partial charge < -0.3 is 20.3 Å². The number of carboxylic acid groups (broad SMARTS) is 1. The summed E-state index contributed by atoms with van der Waals surface area (Å²) in [5.41, 5.74) is 2.69. The van der Waals surface area contributed by atoms with Gasteiger partial charge in [0.2, 0.25) is 0 Å². The minimum atomic E-state index is -1.15. The largest absolute Gasteiger partial charge is 0.506 e. The highest BCUT2D eigenvalue weighted by Crippen LogP contribution is 2.24. The number of hydrazine groups is 1. The van der Waals surface area contributed by atoms with E-state index in [-0.39, 0.29) is 17.0 Å². The van der Waals surface area contributed by atoms with E-state index < -0.39 is 12.0 Å². The number of carboxylic acids is 1. The first-order valence-corrected chi connectivity index (χ1v) is 6.03. The van der Waals surface area contributed by atoms with Crippen molar-refractivity contribution in [1.82, 2.24) is 10.4 Å². The van der Waals surface area contributed by atoms with Gasteiger partial charge in [0.15, 0.2) is 0 Å². The molecule has 108 valence electrons. The second-order valence-corrected chi connectivity index (χ2v) is 4.20. The quantitative estimate of drug-likeness (QED) is 0.599. The predicted molar refractivity (Wildman–Crippen MR) is 69.6 cm³/mol. The van der Waals surface area contributed by atoms with E-state index in [0.717, 1.165) is 6.07 Å². The number of rotatable bonds is 3. The summed E-state index contributed by atoms with van der Waals surface area (Å²) in [6, 6.07) is 3.20. The molecule has 4 N–H and O–H groups in total. The summed E-state index contributed by atoms with van der Waals surface area (Å²) in [6.45, 7) is 2.24. The van der Waals surface area contributed by atoms with E-state index in [0.29, 0.717) is 26.3 Å². The zero-order chi connectivity index (χ0) is 14.5. The first-order chi connectivity index (χ1) is 9.56. The van der Waals surface area contributed by atoms with E-state index in [2.05, 4.69) is 10.7 Å². The summed E-state index contributed by atoms with van der Waals surface area (Å²) in [6.07, 6.45) is 0. The third kappa shape index (κ3) is 3.59. The highest BCUT2D eigenvalue weighted by molar-refractivity contribution is 5.93. The SMILES string of the molecule is O=C(Nc1ccc(C(=O)O)cc1O)NN1CCOCC1. The Morgan fingerprint density at radius 1 is 1.25 bits per heavy atom. The molecule has 0 unspecified atom stereocenters. The highest BCUT2D eigenvalue weighted by Gasteiger charge is 2.14. The van der Waals surface area contributed by atoms with Crippen LogP contribution in [0, 0.1) is 0 Å². The summed E-state index contributed by atoms with van der Waals surface area (Å²) in [7, 11) is 0. The topological polar surface area (TPSA) is 111 Å². The van der Waals surface area contributed by atoms with Gasteiger partial charge in [0.05, 0.1) is 24.5 Å². The van der Waals surface area contributed by atoms with Gasteiger partial charge in [-0.2, -0.15) is 0 Å². The Bertz CT molecular complexity index is 514. The normalized spacial score (nSPS) is 15.6. The van der Waals surface area contributed by atoms with E-state index in [1.807, 2.05) is 0 Å². The van der Waals surface area contributed by atoms with Crippen LogP contribution in [0.3, 0.4) is 0 Å². The minimum absolute atomic E-state index is 0.0540. The lowest BCUT2D eigenvalue weighted by molar-refractivity contribution is 0.0207. The van der Waals surface area contributed by atoms with Crippen LogP contribution < -0.4 is 10.7 Å². The Balaban J connectivity index is 1.95. The highest BCUT2D eigenvalue weighted by atomic mass is 16.5. The third-order valence-electron chi connectivity index (χ3n) is 2.76. The molecule has 2 rings (SSSR count). The lowest BCUT2D eigenvalue weighted by Gasteiger charge is -2.26. The molecule has 1 fully saturated rings. The molecule has 1 aliphatic heterocycles. The number of nitrogens with zero attached hydrogens (tertiary/aromatic N) is 1. The van der Waals surface area contributed by atoms with E-state index in [9.17, 15) is 14.7 Å². The van der Waals surface area contributed by atoms with Crippen LogP contribution in [-0.4, -0.2) is 53.5 Å². The molecular formula is C12H15N3O5. The Labute approximate surface area is 114 Å². The van der Waals surface area contributed by atoms with Crippen molar-refractivity contribution in [3.8, 4) is 5.75 Å². The van der Waals surface area contributed by atoms with Crippen molar-refractivity contribution in [2.75, 3.05) is 31.6 Å². The van der Waals surface area contributed by atoms with Gasteiger partial charge in [-0.3, -0.25) is 5.43 Å². The smallest absolute Gasteiger partial charge is 0.335 e. The van der Waals surface area contributed by atoms with Crippen LogP contribution >= 0.6 is 0 Å². The van der Waals surface area contributed by atoms with Crippen molar-refractivity contribution in [3.63, 3.8) is 0 Å². The van der Waals surface area contributed by atoms with Gasteiger partial charge in [0.25, 0.3) is 0 Å². The maximum atomic E-state index is 11.7. The number of morpholine rings is 1. The third-order valence-corrected chi connectivity index (χ3v) is 2.76. The summed E-state index contributed by atoms with van der Waals surface area (Å²) >= 11 is 0. The second kappa shape index (κ2) is 6.22. The molecular weight excluding hydrogens is 266 g/mol. The van der Waals surface area contributed by atoms with Crippen LogP contribution in [0.1, 0.15) is 10.4 Å². The molecule has 1 heterocycles. The first-order valence-electron chi connectivity index (χ1n) is 6.03. The zero-order valence-electron chi connectivity index (χ0n) is 10.6. The van der Waals surface area contributed by atoms with E-state index in [1.165, 1.54) is 12.1 Å². The summed E-state index contributed by atoms with van der Waals surface area (Å²) in [5, 5.41) is 22.6. The van der Waals surface area contributed by atoms with Gasteiger partial charge in [0, 0.05) is 13.1 Å². The number of phenols is 1. The lowest BCUT2D eigenvalue weighted by atomic mass is 10.2. The molecule has 8 nitrogen and oxygen atoms in total. The number of amides is 2. The number of urea groups is 1. The molecule has 0 bridgehead atoms. The molecule has 0 radical (unpaired) electrons. The van der Waals surface area contributed by atoms with Crippen molar-refractivity contribution in [3.05, 3.63) is 23.8 Å². The standard InChI is InChI=1S/C12H15N3O5/c16-10-7-8(11(17)18)1-2-9(10)13-12(19)14-15-3-5-20-6-4-15/h1-2,7,16H,3-6H2,(H,17,18)(H2,13,14,19). The molecule has 0 aromatic heterocycles. The predicted octanol–water partition coefficient (Wildman–Crippen LogP) is 0.459. The molecule has 2 amide bonds. The van der Waals surface area contributed by atoms with Gasteiger partial charge in [-0.15, -0.1) is 0 Å². The van der Waals surface area contributed by atoms with Crippen molar-refractivity contribution in [2.24, 2.45) is 0 Å². The first kappa shape index (κ1) is 14.1. The van der Waals surface area contributed by atoms with Gasteiger partial charge in [0.1, 0.15) is 5.75 Å². The number of hydrogen-bond donors (Lipinski definition) is 4. The monoisotopic (exact) mass is 281 g/mol. The van der Waals surface area contributed by atoms with Crippen molar-refractivity contribution in [1.29, 1.82) is 0 Å². The Kier molecular flexibility index (Phi) is 4.38. The Morgan fingerprint density at radius 2 is 1.95 bits per heavy atom. The number of aromatic hydroxyl groups is 1. The molecule has 1 aliphatic rings. The molecule has 8 heteroatoms. The number of carbonyl (C=O) groups excluding carboxylic acids is 1. The van der Waals surface area contributed by atoms with Gasteiger partial charge in [-0.05, 0) is 18.2 Å². The fraction of sp³-hybridized carbons (Fsp3) is 0.333. The number of aromatic carboxylic acids is 1. The van der Waals surface area contributed by atoms with Crippen LogP contribution in [0.5, 0.6) is 5.75 Å². The summed E-state index contributed by atoms with van der Waals surface area (Å²) < 4.78 is 5.15. The number of ether oxygens (including phenoxy) is 1. The molecule has 0 atom stereocenters. The summed E-state index contributed by atoms with van der Waals surface area (Å²) in [5.74, 6) is -1.45. The maximum Gasteiger partial charge on any atom is 0.335 e.